The number of methoxy groups -OCH3 is 3. The van der Waals surface area contributed by atoms with Gasteiger partial charge in [-0.25, -0.2) is 0 Å². The van der Waals surface area contributed by atoms with Gasteiger partial charge in [-0.3, -0.25) is 9.59 Å². The number of primary amides is 1. The van der Waals surface area contributed by atoms with E-state index in [1.807, 2.05) is 17.0 Å². The number of carbonyl (C=O) groups is 2. The number of amides is 2. The molecule has 0 aliphatic carbocycles. The van der Waals surface area contributed by atoms with Crippen LogP contribution in [0.15, 0.2) is 54.6 Å². The van der Waals surface area contributed by atoms with Gasteiger partial charge in [0.2, 0.25) is 11.7 Å². The van der Waals surface area contributed by atoms with E-state index < -0.39 is 0 Å². The molecule has 5 rings (SSSR count). The van der Waals surface area contributed by atoms with Crippen LogP contribution in [0.25, 0.3) is 0 Å². The minimum Gasteiger partial charge on any atom is -0.493 e. The first-order valence-corrected chi connectivity index (χ1v) is 16.4. The molecule has 2 amide bonds. The Hall–Kier alpha value is -4.40. The lowest BCUT2D eigenvalue weighted by Crippen LogP contribution is -2.47. The predicted octanol–water partition coefficient (Wildman–Crippen LogP) is 6.85. The smallest absolute Gasteiger partial charge is 0.258 e. The number of ether oxygens (including phenoxy) is 4. The van der Waals surface area contributed by atoms with Crippen LogP contribution in [0.2, 0.25) is 0 Å². The number of hydrogen-bond acceptors (Lipinski definition) is 7. The van der Waals surface area contributed by atoms with E-state index in [9.17, 15) is 9.59 Å². The first kappa shape index (κ1) is 33.0. The van der Waals surface area contributed by atoms with E-state index in [-0.39, 0.29) is 30.0 Å². The largest absolute Gasteiger partial charge is 0.493 e. The number of hydrogen-bond donors (Lipinski definition) is 1. The van der Waals surface area contributed by atoms with E-state index in [0.29, 0.717) is 29.2 Å². The van der Waals surface area contributed by atoms with Crippen molar-refractivity contribution in [2.24, 2.45) is 5.73 Å². The third-order valence-corrected chi connectivity index (χ3v) is 9.14. The van der Waals surface area contributed by atoms with Crippen molar-refractivity contribution in [3.05, 3.63) is 71.3 Å². The minimum absolute atomic E-state index is 0.0577. The summed E-state index contributed by atoms with van der Waals surface area (Å²) in [6, 6.07) is 18.2. The molecule has 0 saturated carbocycles. The molecule has 9 nitrogen and oxygen atoms in total. The summed E-state index contributed by atoms with van der Waals surface area (Å²) in [6.07, 6.45) is 6.73. The van der Waals surface area contributed by atoms with Crippen molar-refractivity contribution in [1.29, 1.82) is 0 Å². The number of fused-ring (bicyclic) bond motifs is 2. The molecular formula is C37H47N3O6. The van der Waals surface area contributed by atoms with Crippen molar-refractivity contribution in [3.8, 4) is 23.0 Å². The van der Waals surface area contributed by atoms with Gasteiger partial charge in [0.1, 0.15) is 5.75 Å². The molecule has 0 radical (unpaired) electrons. The molecule has 3 unspecified atom stereocenters. The van der Waals surface area contributed by atoms with Gasteiger partial charge in [0, 0.05) is 35.9 Å². The van der Waals surface area contributed by atoms with E-state index in [4.69, 9.17) is 24.7 Å². The average molecular weight is 630 g/mol. The fourth-order valence-corrected chi connectivity index (χ4v) is 7.01. The van der Waals surface area contributed by atoms with E-state index in [1.54, 1.807) is 33.5 Å². The summed E-state index contributed by atoms with van der Waals surface area (Å²) in [5.74, 6) is 1.84. The van der Waals surface area contributed by atoms with Gasteiger partial charge < -0.3 is 34.5 Å². The molecule has 3 atom stereocenters. The molecule has 2 aliphatic heterocycles. The highest BCUT2D eigenvalue weighted by molar-refractivity contribution is 6.08. The monoisotopic (exact) mass is 629 g/mol. The average Bonchev–Trinajstić information content (AvgIpc) is 3.06. The second-order valence-corrected chi connectivity index (χ2v) is 12.2. The van der Waals surface area contributed by atoms with Crippen molar-refractivity contribution >= 4 is 23.2 Å². The number of nitrogens with two attached hydrogens (primary N) is 1. The predicted molar refractivity (Wildman–Crippen MR) is 181 cm³/mol. The number of aryl methyl sites for hydroxylation is 1. The quantitative estimate of drug-likeness (QED) is 0.221. The fourth-order valence-electron chi connectivity index (χ4n) is 7.01. The van der Waals surface area contributed by atoms with Crippen molar-refractivity contribution < 1.29 is 28.5 Å². The van der Waals surface area contributed by atoms with Gasteiger partial charge >= 0.3 is 0 Å². The molecule has 2 heterocycles. The molecular weight excluding hydrogens is 582 g/mol. The summed E-state index contributed by atoms with van der Waals surface area (Å²) >= 11 is 0. The summed E-state index contributed by atoms with van der Waals surface area (Å²) in [6.45, 7) is 5.20. The standard InChI is InChI=1S/C37H47N3O6/c1-6-11-27(13-9-16-35(38)41)46-28-17-18-30-25(21-28)12-10-19-39(30)32-20-24(2)40(31-15-8-7-14-29(31)32)37(42)26-22-33(43-3)36(45-5)34(23-26)44-4/h7-8,14-15,17-18,21-24,27,32H,6,9-13,16,19-20H2,1-5H3,(H2,38,41). The first-order chi connectivity index (χ1) is 22.3. The van der Waals surface area contributed by atoms with Gasteiger partial charge in [-0.05, 0) is 93.0 Å². The molecule has 0 saturated heterocycles. The van der Waals surface area contributed by atoms with Crippen LogP contribution in [0.5, 0.6) is 23.0 Å². The lowest BCUT2D eigenvalue weighted by atomic mass is 9.87. The Morgan fingerprint density at radius 2 is 1.70 bits per heavy atom. The van der Waals surface area contributed by atoms with Crippen molar-refractivity contribution in [2.45, 2.75) is 83.4 Å². The van der Waals surface area contributed by atoms with Gasteiger partial charge in [-0.1, -0.05) is 31.5 Å². The molecule has 0 aromatic heterocycles. The van der Waals surface area contributed by atoms with Gasteiger partial charge in [0.15, 0.2) is 11.5 Å². The Labute approximate surface area is 272 Å². The zero-order valence-electron chi connectivity index (χ0n) is 27.7. The van der Waals surface area contributed by atoms with Crippen LogP contribution in [-0.4, -0.2) is 51.8 Å². The van der Waals surface area contributed by atoms with Gasteiger partial charge in [0.05, 0.1) is 33.5 Å². The van der Waals surface area contributed by atoms with Crippen molar-refractivity contribution in [3.63, 3.8) is 0 Å². The second kappa shape index (κ2) is 14.8. The Morgan fingerprint density at radius 1 is 0.957 bits per heavy atom. The Balaban J connectivity index is 1.42. The molecule has 46 heavy (non-hydrogen) atoms. The molecule has 3 aromatic rings. The Morgan fingerprint density at radius 3 is 2.37 bits per heavy atom. The summed E-state index contributed by atoms with van der Waals surface area (Å²) < 4.78 is 23.0. The molecule has 2 aliphatic rings. The molecule has 0 fully saturated rings. The second-order valence-electron chi connectivity index (χ2n) is 12.2. The third-order valence-electron chi connectivity index (χ3n) is 9.14. The maximum Gasteiger partial charge on any atom is 0.258 e. The molecule has 246 valence electrons. The number of benzene rings is 3. The first-order valence-electron chi connectivity index (χ1n) is 16.4. The third kappa shape index (κ3) is 6.88. The Kier molecular flexibility index (Phi) is 10.6. The molecule has 9 heteroatoms. The van der Waals surface area contributed by atoms with Crippen molar-refractivity contribution in [1.82, 2.24) is 0 Å². The lowest BCUT2D eigenvalue weighted by Gasteiger charge is -2.46. The number of carbonyl (C=O) groups excluding carboxylic acids is 2. The maximum atomic E-state index is 14.2. The zero-order valence-corrected chi connectivity index (χ0v) is 27.7. The highest BCUT2D eigenvalue weighted by atomic mass is 16.5. The summed E-state index contributed by atoms with van der Waals surface area (Å²) in [7, 11) is 4.66. The molecule has 2 N–H and O–H groups in total. The minimum atomic E-state index is -0.267. The topological polar surface area (TPSA) is 104 Å². The highest BCUT2D eigenvalue weighted by Gasteiger charge is 2.38. The fraction of sp³-hybridized carbons (Fsp3) is 0.459. The summed E-state index contributed by atoms with van der Waals surface area (Å²) in [5.41, 5.74) is 10.4. The van der Waals surface area contributed by atoms with E-state index in [2.05, 4.69) is 49.1 Å². The van der Waals surface area contributed by atoms with Crippen LogP contribution >= 0.6 is 0 Å². The summed E-state index contributed by atoms with van der Waals surface area (Å²) in [4.78, 5) is 29.8. The SMILES string of the molecule is CCCC(CCCC(N)=O)Oc1ccc2c(c1)CCCN2C1CC(C)N(C(=O)c2cc(OC)c(OC)c(OC)c2)c2ccccc21. The van der Waals surface area contributed by atoms with Crippen LogP contribution in [-0.2, 0) is 11.2 Å². The van der Waals surface area contributed by atoms with Crippen molar-refractivity contribution in [2.75, 3.05) is 37.7 Å². The molecule has 0 bridgehead atoms. The van der Waals surface area contributed by atoms with E-state index >= 15 is 0 Å². The van der Waals surface area contributed by atoms with Crippen LogP contribution in [0.1, 0.15) is 86.3 Å². The molecule has 3 aromatic carbocycles. The summed E-state index contributed by atoms with van der Waals surface area (Å²) in [5, 5.41) is 0. The van der Waals surface area contributed by atoms with E-state index in [0.717, 1.165) is 68.5 Å². The number of nitrogens with zero attached hydrogens (tertiary/aromatic N) is 2. The zero-order chi connectivity index (χ0) is 32.8. The van der Waals surface area contributed by atoms with Crippen LogP contribution in [0.4, 0.5) is 11.4 Å². The van der Waals surface area contributed by atoms with Gasteiger partial charge in [-0.15, -0.1) is 0 Å². The number of rotatable bonds is 13. The van der Waals surface area contributed by atoms with Gasteiger partial charge in [-0.2, -0.15) is 0 Å². The highest BCUT2D eigenvalue weighted by Crippen LogP contribution is 2.46. The van der Waals surface area contributed by atoms with Crippen LogP contribution in [0, 0.1) is 0 Å². The van der Waals surface area contributed by atoms with Crippen LogP contribution in [0.3, 0.4) is 0 Å². The lowest BCUT2D eigenvalue weighted by molar-refractivity contribution is -0.118. The van der Waals surface area contributed by atoms with Gasteiger partial charge in [0.25, 0.3) is 5.91 Å². The van der Waals surface area contributed by atoms with E-state index in [1.165, 1.54) is 11.3 Å². The van der Waals surface area contributed by atoms with Crippen LogP contribution < -0.4 is 34.5 Å². The maximum absolute atomic E-state index is 14.2. The number of anilines is 2. The number of para-hydroxylation sites is 1. The normalized spacial score (nSPS) is 17.8. The Bertz CT molecular complexity index is 1520. The molecule has 0 spiro atoms.